The first-order chi connectivity index (χ1) is 18.0. The third-order valence-electron chi connectivity index (χ3n) is 8.77. The Labute approximate surface area is 228 Å². The number of carbonyl (C=O) groups excluding carboxylic acids is 2. The van der Waals surface area contributed by atoms with E-state index >= 15 is 0 Å². The van der Waals surface area contributed by atoms with Crippen molar-refractivity contribution in [2.75, 3.05) is 26.2 Å². The van der Waals surface area contributed by atoms with Gasteiger partial charge in [-0.2, -0.15) is 0 Å². The molecule has 3 fully saturated rings. The van der Waals surface area contributed by atoms with Gasteiger partial charge >= 0.3 is 6.03 Å². The van der Waals surface area contributed by atoms with Crippen molar-refractivity contribution in [3.63, 3.8) is 0 Å². The maximum Gasteiger partial charge on any atom is 0.320 e. The van der Waals surface area contributed by atoms with Crippen LogP contribution in [0.25, 0.3) is 0 Å². The van der Waals surface area contributed by atoms with Gasteiger partial charge in [0.1, 0.15) is 0 Å². The molecule has 8 heteroatoms. The quantitative estimate of drug-likeness (QED) is 0.468. The maximum atomic E-state index is 14.0. The predicted octanol–water partition coefficient (Wildman–Crippen LogP) is 4.42. The molecule has 1 aromatic rings. The fourth-order valence-corrected chi connectivity index (χ4v) is 7.03. The van der Waals surface area contributed by atoms with E-state index in [9.17, 15) is 9.59 Å². The van der Waals surface area contributed by atoms with E-state index in [1.54, 1.807) is 0 Å². The minimum absolute atomic E-state index is 0.175. The number of halogens is 1. The molecule has 0 aromatic heterocycles. The van der Waals surface area contributed by atoms with E-state index in [-0.39, 0.29) is 36.1 Å². The van der Waals surface area contributed by atoms with Crippen LogP contribution in [0.3, 0.4) is 0 Å². The monoisotopic (exact) mass is 531 g/mol. The number of nitrogens with one attached hydrogen (secondary N) is 1. The van der Waals surface area contributed by atoms with Crippen LogP contribution >= 0.6 is 11.6 Å². The molecule has 2 unspecified atom stereocenters. The summed E-state index contributed by atoms with van der Waals surface area (Å²) in [5, 5.41) is 4.11. The van der Waals surface area contributed by atoms with Crippen LogP contribution in [0.4, 0.5) is 4.79 Å². The second-order valence-corrected chi connectivity index (χ2v) is 11.5. The van der Waals surface area contributed by atoms with Crippen LogP contribution in [-0.2, 0) is 11.2 Å². The van der Waals surface area contributed by atoms with Gasteiger partial charge in [0.25, 0.3) is 0 Å². The van der Waals surface area contributed by atoms with E-state index in [4.69, 9.17) is 17.3 Å². The summed E-state index contributed by atoms with van der Waals surface area (Å²) in [6.07, 6.45) is 10.3. The molecule has 0 radical (unpaired) electrons. The van der Waals surface area contributed by atoms with Crippen LogP contribution in [0.2, 0.25) is 5.02 Å². The lowest BCUT2D eigenvalue weighted by atomic mass is 9.89. The zero-order valence-electron chi connectivity index (χ0n) is 22.7. The molecule has 3 amide bonds. The highest BCUT2D eigenvalue weighted by atomic mass is 35.5. The van der Waals surface area contributed by atoms with Crippen molar-refractivity contribution in [2.45, 2.75) is 108 Å². The van der Waals surface area contributed by atoms with Crippen LogP contribution in [-0.4, -0.2) is 83.0 Å². The normalized spacial score (nSPS) is 24.6. The summed E-state index contributed by atoms with van der Waals surface area (Å²) >= 11 is 6.08. The second-order valence-electron chi connectivity index (χ2n) is 11.0. The summed E-state index contributed by atoms with van der Waals surface area (Å²) in [6.45, 7) is 6.71. The van der Waals surface area contributed by atoms with Crippen LogP contribution < -0.4 is 11.1 Å². The summed E-state index contributed by atoms with van der Waals surface area (Å²) < 4.78 is 0. The van der Waals surface area contributed by atoms with E-state index in [1.165, 1.54) is 19.3 Å². The van der Waals surface area contributed by atoms with E-state index in [1.807, 2.05) is 29.2 Å². The zero-order chi connectivity index (χ0) is 26.4. The molecule has 37 heavy (non-hydrogen) atoms. The SMILES string of the molecule is CCN(CC)C(=O)N(C1CCCCC1)C1CC2CCC(C1)N2C(=O)[C@H](Cc1ccc(Cl)cc1)NCCN. The molecule has 4 rings (SSSR count). The largest absolute Gasteiger partial charge is 0.335 e. The average Bonchev–Trinajstić information content (AvgIpc) is 3.18. The van der Waals surface area contributed by atoms with Crippen molar-refractivity contribution in [3.05, 3.63) is 34.9 Å². The number of fused-ring (bicyclic) bond motifs is 2. The molecule has 2 heterocycles. The molecule has 3 N–H and O–H groups in total. The Bertz CT molecular complexity index is 873. The highest BCUT2D eigenvalue weighted by Gasteiger charge is 2.48. The highest BCUT2D eigenvalue weighted by molar-refractivity contribution is 6.30. The van der Waals surface area contributed by atoms with Gasteiger partial charge in [0.2, 0.25) is 5.91 Å². The van der Waals surface area contributed by atoms with Gasteiger partial charge in [-0.25, -0.2) is 4.79 Å². The first kappa shape index (κ1) is 28.2. The lowest BCUT2D eigenvalue weighted by Gasteiger charge is -2.48. The third kappa shape index (κ3) is 6.61. The zero-order valence-corrected chi connectivity index (χ0v) is 23.5. The predicted molar refractivity (Wildman–Crippen MR) is 150 cm³/mol. The van der Waals surface area contributed by atoms with Crippen molar-refractivity contribution in [1.82, 2.24) is 20.0 Å². The molecule has 2 saturated heterocycles. The molecule has 1 aromatic carbocycles. The van der Waals surface area contributed by atoms with Crippen LogP contribution in [0.1, 0.15) is 77.2 Å². The van der Waals surface area contributed by atoms with Gasteiger partial charge in [0.05, 0.1) is 6.04 Å². The van der Waals surface area contributed by atoms with Gasteiger partial charge in [0, 0.05) is 55.4 Å². The van der Waals surface area contributed by atoms with E-state index in [2.05, 4.69) is 29.0 Å². The van der Waals surface area contributed by atoms with Gasteiger partial charge in [-0.15, -0.1) is 0 Å². The maximum absolute atomic E-state index is 14.0. The Balaban J connectivity index is 1.50. The molecule has 7 nitrogen and oxygen atoms in total. The Kier molecular flexibility index (Phi) is 10.1. The van der Waals surface area contributed by atoms with Gasteiger partial charge in [-0.05, 0) is 76.5 Å². The number of hydrogen-bond donors (Lipinski definition) is 2. The molecule has 0 spiro atoms. The summed E-state index contributed by atoms with van der Waals surface area (Å²) in [5.74, 6) is 0.175. The van der Waals surface area contributed by atoms with Crippen molar-refractivity contribution in [3.8, 4) is 0 Å². The number of nitrogens with zero attached hydrogens (tertiary/aromatic N) is 3. The number of carbonyl (C=O) groups is 2. The van der Waals surface area contributed by atoms with Gasteiger partial charge in [0.15, 0.2) is 0 Å². The summed E-state index contributed by atoms with van der Waals surface area (Å²) in [6, 6.07) is 8.57. The lowest BCUT2D eigenvalue weighted by Crippen LogP contribution is -2.61. The summed E-state index contributed by atoms with van der Waals surface area (Å²) in [5.41, 5.74) is 6.87. The highest BCUT2D eigenvalue weighted by Crippen LogP contribution is 2.40. The minimum Gasteiger partial charge on any atom is -0.335 e. The lowest BCUT2D eigenvalue weighted by molar-refractivity contribution is -0.139. The Morgan fingerprint density at radius 2 is 1.62 bits per heavy atom. The number of amides is 3. The molecule has 1 aliphatic carbocycles. The number of nitrogens with two attached hydrogens (primary N) is 1. The van der Waals surface area contributed by atoms with Crippen molar-refractivity contribution in [2.24, 2.45) is 5.73 Å². The van der Waals surface area contributed by atoms with Gasteiger partial charge in [-0.1, -0.05) is 43.0 Å². The Morgan fingerprint density at radius 1 is 1.00 bits per heavy atom. The third-order valence-corrected chi connectivity index (χ3v) is 9.02. The minimum atomic E-state index is -0.309. The first-order valence-corrected chi connectivity index (χ1v) is 14.9. The fraction of sp³-hybridized carbons (Fsp3) is 0.724. The van der Waals surface area contributed by atoms with Crippen molar-refractivity contribution in [1.29, 1.82) is 0 Å². The molecule has 1 saturated carbocycles. The van der Waals surface area contributed by atoms with Crippen molar-refractivity contribution >= 4 is 23.5 Å². The first-order valence-electron chi connectivity index (χ1n) is 14.5. The van der Waals surface area contributed by atoms with E-state index in [0.717, 1.165) is 57.2 Å². The number of hydrogen-bond acceptors (Lipinski definition) is 4. The molecule has 2 aliphatic heterocycles. The molecular weight excluding hydrogens is 486 g/mol. The van der Waals surface area contributed by atoms with Crippen molar-refractivity contribution < 1.29 is 9.59 Å². The van der Waals surface area contributed by atoms with Crippen LogP contribution in [0.15, 0.2) is 24.3 Å². The van der Waals surface area contributed by atoms with Gasteiger partial charge in [-0.3, -0.25) is 4.79 Å². The molecule has 3 atom stereocenters. The summed E-state index contributed by atoms with van der Waals surface area (Å²) in [4.78, 5) is 34.1. The Hall–Kier alpha value is -1.83. The number of benzene rings is 1. The molecule has 3 aliphatic rings. The van der Waals surface area contributed by atoms with Gasteiger partial charge < -0.3 is 25.8 Å². The number of piperidine rings is 1. The smallest absolute Gasteiger partial charge is 0.320 e. The topological polar surface area (TPSA) is 81.9 Å². The average molecular weight is 532 g/mol. The van der Waals surface area contributed by atoms with Crippen LogP contribution in [0.5, 0.6) is 0 Å². The molecule has 206 valence electrons. The number of urea groups is 1. The second kappa shape index (κ2) is 13.3. The number of rotatable bonds is 10. The van der Waals surface area contributed by atoms with Crippen LogP contribution in [0, 0.1) is 0 Å². The molecular formula is C29H46ClN5O2. The van der Waals surface area contributed by atoms with E-state index < -0.39 is 0 Å². The van der Waals surface area contributed by atoms with E-state index in [0.29, 0.717) is 30.6 Å². The molecule has 2 bridgehead atoms. The standard InChI is InChI=1S/C29H46ClN5O2/c1-3-33(4-2)29(37)35(23-8-6-5-7-9-23)26-19-24-14-15-25(20-26)34(24)28(36)27(32-17-16-31)18-21-10-12-22(30)13-11-21/h10-13,23-27,32H,3-9,14-20,31H2,1-2H3/t24?,25?,26?,27-/m0/s1. The fourth-order valence-electron chi connectivity index (χ4n) is 6.90. The Morgan fingerprint density at radius 3 is 2.19 bits per heavy atom. The summed E-state index contributed by atoms with van der Waals surface area (Å²) in [7, 11) is 0.